The number of nitrogens with zero attached hydrogens (tertiary/aromatic N) is 1. The molecule has 0 bridgehead atoms. The van der Waals surface area contributed by atoms with Gasteiger partial charge in [0.25, 0.3) is 5.91 Å². The van der Waals surface area contributed by atoms with Crippen LogP contribution in [-0.2, 0) is 6.54 Å². The van der Waals surface area contributed by atoms with Gasteiger partial charge in [-0.2, -0.15) is 0 Å². The molecule has 0 radical (unpaired) electrons. The number of carbonyl (C=O) groups is 1. The quantitative estimate of drug-likeness (QED) is 0.772. The minimum absolute atomic E-state index is 0.168. The molecule has 5 heteroatoms. The molecule has 0 saturated carbocycles. The lowest BCUT2D eigenvalue weighted by Crippen LogP contribution is -2.30. The molecule has 1 heterocycles. The zero-order valence-corrected chi connectivity index (χ0v) is 12.3. The maximum Gasteiger partial charge on any atom is 0.257 e. The third kappa shape index (κ3) is 3.36. The van der Waals surface area contributed by atoms with Crippen molar-refractivity contribution in [3.63, 3.8) is 0 Å². The average molecular weight is 338 g/mol. The molecule has 0 aliphatic heterocycles. The minimum Gasteiger partial charge on any atom is -0.472 e. The Labute approximate surface area is 124 Å². The summed E-state index contributed by atoms with van der Waals surface area (Å²) >= 11 is 3.30. The van der Waals surface area contributed by atoms with E-state index in [2.05, 4.69) is 22.5 Å². The first-order valence-corrected chi connectivity index (χ1v) is 6.77. The average Bonchev–Trinajstić information content (AvgIpc) is 2.95. The third-order valence-electron chi connectivity index (χ3n) is 2.77. The summed E-state index contributed by atoms with van der Waals surface area (Å²) in [5.41, 5.74) is 0.875. The van der Waals surface area contributed by atoms with Gasteiger partial charge in [0, 0.05) is 23.1 Å². The van der Waals surface area contributed by atoms with Crippen LogP contribution < -0.4 is 0 Å². The molecule has 0 N–H and O–H groups in total. The van der Waals surface area contributed by atoms with Gasteiger partial charge in [0.1, 0.15) is 12.1 Å². The number of rotatable bonds is 5. The van der Waals surface area contributed by atoms with Gasteiger partial charge in [-0.05, 0) is 24.3 Å². The van der Waals surface area contributed by atoms with Crippen LogP contribution in [-0.4, -0.2) is 17.4 Å². The highest BCUT2D eigenvalue weighted by Crippen LogP contribution is 2.18. The summed E-state index contributed by atoms with van der Waals surface area (Å²) < 4.78 is 19.4. The molecule has 2 aromatic rings. The summed E-state index contributed by atoms with van der Waals surface area (Å²) in [6.07, 6.45) is 4.41. The second-order valence-corrected chi connectivity index (χ2v) is 5.14. The van der Waals surface area contributed by atoms with Crippen molar-refractivity contribution in [3.8, 4) is 0 Å². The van der Waals surface area contributed by atoms with Crippen molar-refractivity contribution >= 4 is 21.8 Å². The van der Waals surface area contributed by atoms with E-state index in [1.807, 2.05) is 0 Å². The molecule has 1 aromatic carbocycles. The molecular weight excluding hydrogens is 325 g/mol. The van der Waals surface area contributed by atoms with Gasteiger partial charge in [0.15, 0.2) is 0 Å². The van der Waals surface area contributed by atoms with E-state index < -0.39 is 0 Å². The van der Waals surface area contributed by atoms with E-state index in [4.69, 9.17) is 4.42 Å². The van der Waals surface area contributed by atoms with Crippen LogP contribution in [0.2, 0.25) is 0 Å². The van der Waals surface area contributed by atoms with E-state index in [1.165, 1.54) is 23.5 Å². The van der Waals surface area contributed by atoms with Crippen molar-refractivity contribution in [2.45, 2.75) is 6.54 Å². The van der Waals surface area contributed by atoms with Gasteiger partial charge in [-0.3, -0.25) is 4.79 Å². The molecule has 0 fully saturated rings. The van der Waals surface area contributed by atoms with E-state index in [0.717, 1.165) is 4.47 Å². The molecule has 1 aromatic heterocycles. The van der Waals surface area contributed by atoms with Crippen LogP contribution in [0, 0.1) is 5.82 Å². The van der Waals surface area contributed by atoms with Crippen LogP contribution in [0.25, 0.3) is 0 Å². The van der Waals surface area contributed by atoms with Crippen molar-refractivity contribution < 1.29 is 13.6 Å². The van der Waals surface area contributed by atoms with Crippen molar-refractivity contribution in [2.24, 2.45) is 0 Å². The molecule has 0 aliphatic rings. The Morgan fingerprint density at radius 1 is 1.45 bits per heavy atom. The smallest absolute Gasteiger partial charge is 0.257 e. The van der Waals surface area contributed by atoms with E-state index in [0.29, 0.717) is 17.7 Å². The predicted molar refractivity (Wildman–Crippen MR) is 77.7 cm³/mol. The SMILES string of the molecule is C=CCN(Cc1cc(Br)ccc1F)C(=O)c1ccoc1. The second kappa shape index (κ2) is 6.52. The first-order chi connectivity index (χ1) is 9.61. The normalized spacial score (nSPS) is 10.3. The number of amides is 1. The summed E-state index contributed by atoms with van der Waals surface area (Å²) in [5, 5.41) is 0. The summed E-state index contributed by atoms with van der Waals surface area (Å²) in [5.74, 6) is -0.569. The fraction of sp³-hybridized carbons (Fsp3) is 0.133. The molecule has 0 saturated heterocycles. The molecule has 0 spiro atoms. The summed E-state index contributed by atoms with van der Waals surface area (Å²) in [7, 11) is 0. The van der Waals surface area contributed by atoms with Crippen molar-refractivity contribution in [2.75, 3.05) is 6.54 Å². The van der Waals surface area contributed by atoms with Crippen LogP contribution in [0.15, 0.2) is 58.3 Å². The Kier molecular flexibility index (Phi) is 4.74. The zero-order chi connectivity index (χ0) is 14.5. The molecular formula is C15H13BrFNO2. The summed E-state index contributed by atoms with van der Waals surface area (Å²) in [6, 6.07) is 6.23. The van der Waals surface area contributed by atoms with Gasteiger partial charge in [-0.1, -0.05) is 22.0 Å². The predicted octanol–water partition coefficient (Wildman–Crippen LogP) is 4.01. The lowest BCUT2D eigenvalue weighted by atomic mass is 10.2. The highest BCUT2D eigenvalue weighted by atomic mass is 79.9. The zero-order valence-electron chi connectivity index (χ0n) is 10.7. The van der Waals surface area contributed by atoms with Crippen molar-refractivity contribution in [1.82, 2.24) is 4.90 Å². The molecule has 0 aliphatic carbocycles. The van der Waals surface area contributed by atoms with E-state index >= 15 is 0 Å². The molecule has 2 rings (SSSR count). The van der Waals surface area contributed by atoms with Gasteiger partial charge in [-0.25, -0.2) is 4.39 Å². The second-order valence-electron chi connectivity index (χ2n) is 4.22. The largest absolute Gasteiger partial charge is 0.472 e. The Bertz CT molecular complexity index is 610. The number of hydrogen-bond donors (Lipinski definition) is 0. The highest BCUT2D eigenvalue weighted by Gasteiger charge is 2.17. The van der Waals surface area contributed by atoms with Crippen LogP contribution in [0.3, 0.4) is 0 Å². The van der Waals surface area contributed by atoms with Gasteiger partial charge < -0.3 is 9.32 Å². The summed E-state index contributed by atoms with van der Waals surface area (Å²) in [6.45, 7) is 4.12. The van der Waals surface area contributed by atoms with E-state index in [9.17, 15) is 9.18 Å². The Morgan fingerprint density at radius 3 is 2.90 bits per heavy atom. The van der Waals surface area contributed by atoms with Gasteiger partial charge in [0.2, 0.25) is 0 Å². The fourth-order valence-electron chi connectivity index (χ4n) is 1.81. The Morgan fingerprint density at radius 2 is 2.25 bits per heavy atom. The number of benzene rings is 1. The molecule has 3 nitrogen and oxygen atoms in total. The maximum atomic E-state index is 13.8. The third-order valence-corrected chi connectivity index (χ3v) is 3.27. The summed E-state index contributed by atoms with van der Waals surface area (Å²) in [4.78, 5) is 13.8. The lowest BCUT2D eigenvalue weighted by molar-refractivity contribution is 0.0760. The van der Waals surface area contributed by atoms with Gasteiger partial charge in [0.05, 0.1) is 11.8 Å². The van der Waals surface area contributed by atoms with Crippen LogP contribution in [0.5, 0.6) is 0 Å². The lowest BCUT2D eigenvalue weighted by Gasteiger charge is -2.21. The Balaban J connectivity index is 2.23. The van der Waals surface area contributed by atoms with E-state index in [1.54, 1.807) is 24.3 Å². The van der Waals surface area contributed by atoms with Gasteiger partial charge >= 0.3 is 0 Å². The monoisotopic (exact) mass is 337 g/mol. The Hall–Kier alpha value is -1.88. The maximum absolute atomic E-state index is 13.8. The molecule has 0 atom stereocenters. The van der Waals surface area contributed by atoms with E-state index in [-0.39, 0.29) is 18.3 Å². The van der Waals surface area contributed by atoms with Crippen LogP contribution in [0.4, 0.5) is 4.39 Å². The van der Waals surface area contributed by atoms with Crippen LogP contribution in [0.1, 0.15) is 15.9 Å². The standard InChI is InChI=1S/C15H13BrFNO2/c1-2-6-18(15(19)11-5-7-20-10-11)9-12-8-13(16)3-4-14(12)17/h2-5,7-8,10H,1,6,9H2. The fourth-order valence-corrected chi connectivity index (χ4v) is 2.22. The number of hydrogen-bond acceptors (Lipinski definition) is 2. The number of furan rings is 1. The molecule has 20 heavy (non-hydrogen) atoms. The number of carbonyl (C=O) groups excluding carboxylic acids is 1. The molecule has 1 amide bonds. The highest BCUT2D eigenvalue weighted by molar-refractivity contribution is 9.10. The first-order valence-electron chi connectivity index (χ1n) is 5.98. The number of halogens is 2. The topological polar surface area (TPSA) is 33.5 Å². The molecule has 0 unspecified atom stereocenters. The van der Waals surface area contributed by atoms with Gasteiger partial charge in [-0.15, -0.1) is 6.58 Å². The minimum atomic E-state index is -0.345. The molecule has 104 valence electrons. The van der Waals surface area contributed by atoms with Crippen LogP contribution >= 0.6 is 15.9 Å². The van der Waals surface area contributed by atoms with Crippen molar-refractivity contribution in [1.29, 1.82) is 0 Å². The first kappa shape index (κ1) is 14.5. The van der Waals surface area contributed by atoms with Crippen molar-refractivity contribution in [3.05, 3.63) is 70.9 Å².